The lowest BCUT2D eigenvalue weighted by atomic mass is 9.78. The largest absolute Gasteiger partial charge is 0.396 e. The SMILES string of the molecule is CCCCC1CCC(C(=O)NC(CCO)C(C)(C)C)CC1. The molecule has 0 aromatic rings. The number of hydrogen-bond acceptors (Lipinski definition) is 2. The van der Waals surface area contributed by atoms with Crippen molar-refractivity contribution in [2.75, 3.05) is 6.61 Å². The lowest BCUT2D eigenvalue weighted by Gasteiger charge is -2.34. The quantitative estimate of drug-likeness (QED) is 0.749. The summed E-state index contributed by atoms with van der Waals surface area (Å²) in [4.78, 5) is 12.5. The maximum Gasteiger partial charge on any atom is 0.223 e. The Balaban J connectivity index is 2.42. The molecule has 0 radical (unpaired) electrons. The summed E-state index contributed by atoms with van der Waals surface area (Å²) in [5.41, 5.74) is -0.00326. The number of nitrogens with one attached hydrogen (secondary N) is 1. The zero-order chi connectivity index (χ0) is 15.9. The van der Waals surface area contributed by atoms with E-state index in [0.29, 0.717) is 6.42 Å². The Labute approximate surface area is 130 Å². The second-order valence-electron chi connectivity index (χ2n) is 7.80. The van der Waals surface area contributed by atoms with Crippen molar-refractivity contribution >= 4 is 5.91 Å². The zero-order valence-electron chi connectivity index (χ0n) is 14.5. The van der Waals surface area contributed by atoms with Gasteiger partial charge in [-0.1, -0.05) is 47.0 Å². The van der Waals surface area contributed by atoms with Gasteiger partial charge in [-0.15, -0.1) is 0 Å². The predicted molar refractivity (Wildman–Crippen MR) is 88.1 cm³/mol. The number of unbranched alkanes of at least 4 members (excludes halogenated alkanes) is 1. The summed E-state index contributed by atoms with van der Waals surface area (Å²) in [5.74, 6) is 1.23. The van der Waals surface area contributed by atoms with Crippen LogP contribution < -0.4 is 5.32 Å². The van der Waals surface area contributed by atoms with Gasteiger partial charge in [0.15, 0.2) is 0 Å². The molecule has 1 amide bonds. The highest BCUT2D eigenvalue weighted by Crippen LogP contribution is 2.32. The summed E-state index contributed by atoms with van der Waals surface area (Å²) in [6.45, 7) is 8.73. The van der Waals surface area contributed by atoms with Crippen LogP contribution in [0.4, 0.5) is 0 Å². The van der Waals surface area contributed by atoms with Crippen LogP contribution in [0.3, 0.4) is 0 Å². The number of aliphatic hydroxyl groups is 1. The van der Waals surface area contributed by atoms with Crippen LogP contribution in [-0.4, -0.2) is 23.7 Å². The van der Waals surface area contributed by atoms with Crippen LogP contribution in [0.5, 0.6) is 0 Å². The molecular formula is C18H35NO2. The van der Waals surface area contributed by atoms with Gasteiger partial charge in [0.2, 0.25) is 5.91 Å². The Morgan fingerprint density at radius 3 is 2.33 bits per heavy atom. The average molecular weight is 297 g/mol. The monoisotopic (exact) mass is 297 g/mol. The number of aliphatic hydroxyl groups excluding tert-OH is 1. The van der Waals surface area contributed by atoms with Crippen molar-refractivity contribution in [2.45, 2.75) is 85.1 Å². The molecular weight excluding hydrogens is 262 g/mol. The third-order valence-corrected chi connectivity index (χ3v) is 4.96. The van der Waals surface area contributed by atoms with E-state index in [2.05, 4.69) is 33.0 Å². The minimum atomic E-state index is -0.00326. The Morgan fingerprint density at radius 2 is 1.86 bits per heavy atom. The maximum atomic E-state index is 12.5. The van der Waals surface area contributed by atoms with Gasteiger partial charge in [0, 0.05) is 18.6 Å². The van der Waals surface area contributed by atoms with Crippen molar-refractivity contribution < 1.29 is 9.90 Å². The lowest BCUT2D eigenvalue weighted by Crippen LogP contribution is -2.47. The predicted octanol–water partition coefficient (Wildman–Crippen LogP) is 3.90. The van der Waals surface area contributed by atoms with Gasteiger partial charge in [-0.25, -0.2) is 0 Å². The summed E-state index contributed by atoms with van der Waals surface area (Å²) in [6, 6.07) is 0.0628. The Morgan fingerprint density at radius 1 is 1.24 bits per heavy atom. The van der Waals surface area contributed by atoms with Gasteiger partial charge in [0.1, 0.15) is 0 Å². The van der Waals surface area contributed by atoms with Crippen LogP contribution in [0.15, 0.2) is 0 Å². The third-order valence-electron chi connectivity index (χ3n) is 4.96. The molecule has 0 bridgehead atoms. The van der Waals surface area contributed by atoms with Gasteiger partial charge < -0.3 is 10.4 Å². The van der Waals surface area contributed by atoms with Crippen molar-refractivity contribution in [3.63, 3.8) is 0 Å². The van der Waals surface area contributed by atoms with Crippen molar-refractivity contribution in [3.05, 3.63) is 0 Å². The molecule has 0 aromatic carbocycles. The molecule has 1 aliphatic carbocycles. The van der Waals surface area contributed by atoms with Gasteiger partial charge in [-0.2, -0.15) is 0 Å². The summed E-state index contributed by atoms with van der Waals surface area (Å²) < 4.78 is 0. The van der Waals surface area contributed by atoms with E-state index in [1.165, 1.54) is 32.1 Å². The van der Waals surface area contributed by atoms with Crippen LogP contribution in [0.25, 0.3) is 0 Å². The van der Waals surface area contributed by atoms with Crippen molar-refractivity contribution in [1.29, 1.82) is 0 Å². The molecule has 0 aromatic heterocycles. The van der Waals surface area contributed by atoms with Gasteiger partial charge in [-0.05, 0) is 43.4 Å². The summed E-state index contributed by atoms with van der Waals surface area (Å²) >= 11 is 0. The first-order valence-corrected chi connectivity index (χ1v) is 8.79. The van der Waals surface area contributed by atoms with Crippen LogP contribution in [0.2, 0.25) is 0 Å². The highest BCUT2D eigenvalue weighted by Gasteiger charge is 2.30. The molecule has 1 aliphatic rings. The Bertz CT molecular complexity index is 301. The number of amides is 1. The van der Waals surface area contributed by atoms with Gasteiger partial charge in [0.25, 0.3) is 0 Å². The molecule has 1 unspecified atom stereocenters. The molecule has 124 valence electrons. The van der Waals surface area contributed by atoms with E-state index < -0.39 is 0 Å². The van der Waals surface area contributed by atoms with Crippen LogP contribution in [0.1, 0.15) is 79.1 Å². The molecule has 1 atom stereocenters. The molecule has 0 heterocycles. The van der Waals surface area contributed by atoms with Gasteiger partial charge in [-0.3, -0.25) is 4.79 Å². The third kappa shape index (κ3) is 6.37. The Kier molecular flexibility index (Phi) is 7.72. The van der Waals surface area contributed by atoms with E-state index in [9.17, 15) is 9.90 Å². The molecule has 0 aliphatic heterocycles. The highest BCUT2D eigenvalue weighted by molar-refractivity contribution is 5.79. The second-order valence-corrected chi connectivity index (χ2v) is 7.80. The smallest absolute Gasteiger partial charge is 0.223 e. The number of carbonyl (C=O) groups is 1. The first kappa shape index (κ1) is 18.5. The fraction of sp³-hybridized carbons (Fsp3) is 0.944. The lowest BCUT2D eigenvalue weighted by molar-refractivity contribution is -0.127. The first-order valence-electron chi connectivity index (χ1n) is 8.79. The van der Waals surface area contributed by atoms with Crippen molar-refractivity contribution in [3.8, 4) is 0 Å². The Hall–Kier alpha value is -0.570. The highest BCUT2D eigenvalue weighted by atomic mass is 16.3. The van der Waals surface area contributed by atoms with E-state index in [4.69, 9.17) is 0 Å². The zero-order valence-corrected chi connectivity index (χ0v) is 14.5. The molecule has 3 nitrogen and oxygen atoms in total. The van der Waals surface area contributed by atoms with Crippen LogP contribution >= 0.6 is 0 Å². The fourth-order valence-corrected chi connectivity index (χ4v) is 3.35. The van der Waals surface area contributed by atoms with E-state index in [-0.39, 0.29) is 29.9 Å². The fourth-order valence-electron chi connectivity index (χ4n) is 3.35. The van der Waals surface area contributed by atoms with Crippen LogP contribution in [-0.2, 0) is 4.79 Å². The minimum absolute atomic E-state index is 0.00326. The molecule has 1 saturated carbocycles. The van der Waals surface area contributed by atoms with E-state index in [1.807, 2.05) is 0 Å². The number of rotatable bonds is 7. The average Bonchev–Trinajstić information content (AvgIpc) is 2.44. The van der Waals surface area contributed by atoms with E-state index in [0.717, 1.165) is 18.8 Å². The standard InChI is InChI=1S/C18H35NO2/c1-5-6-7-14-8-10-15(11-9-14)17(21)19-16(12-13-20)18(2,3)4/h14-16,20H,5-13H2,1-4H3,(H,19,21). The second kappa shape index (κ2) is 8.77. The van der Waals surface area contributed by atoms with E-state index in [1.54, 1.807) is 0 Å². The molecule has 1 fully saturated rings. The van der Waals surface area contributed by atoms with Gasteiger partial charge in [0.05, 0.1) is 0 Å². The number of hydrogen-bond donors (Lipinski definition) is 2. The van der Waals surface area contributed by atoms with E-state index >= 15 is 0 Å². The summed E-state index contributed by atoms with van der Waals surface area (Å²) in [6.07, 6.45) is 9.06. The molecule has 1 rings (SSSR count). The summed E-state index contributed by atoms with van der Waals surface area (Å²) in [7, 11) is 0. The first-order chi connectivity index (χ1) is 9.88. The molecule has 0 spiro atoms. The van der Waals surface area contributed by atoms with Gasteiger partial charge >= 0.3 is 0 Å². The van der Waals surface area contributed by atoms with Crippen LogP contribution in [0, 0.1) is 17.3 Å². The molecule has 3 heteroatoms. The van der Waals surface area contributed by atoms with Crippen molar-refractivity contribution in [1.82, 2.24) is 5.32 Å². The molecule has 2 N–H and O–H groups in total. The molecule has 0 saturated heterocycles. The van der Waals surface area contributed by atoms with Crippen molar-refractivity contribution in [2.24, 2.45) is 17.3 Å². The number of carbonyl (C=O) groups excluding carboxylic acids is 1. The maximum absolute atomic E-state index is 12.5. The molecule has 21 heavy (non-hydrogen) atoms. The summed E-state index contributed by atoms with van der Waals surface area (Å²) in [5, 5.41) is 12.4. The normalized spacial score (nSPS) is 24.6. The minimum Gasteiger partial charge on any atom is -0.396 e. The topological polar surface area (TPSA) is 49.3 Å².